The van der Waals surface area contributed by atoms with Gasteiger partial charge in [-0.3, -0.25) is 10.5 Å². The molecule has 0 saturated carbocycles. The van der Waals surface area contributed by atoms with Gasteiger partial charge in [0.15, 0.2) is 5.76 Å². The molecule has 1 fully saturated rings. The molecule has 0 bridgehead atoms. The SMILES string of the molecule is CC(=O)Oc1ccc(OC2=CC=CN3OC23N)cc1. The lowest BCUT2D eigenvalue weighted by Gasteiger charge is -2.14. The zero-order valence-electron chi connectivity index (χ0n) is 10.2. The summed E-state index contributed by atoms with van der Waals surface area (Å²) in [5.41, 5.74) is 5.93. The lowest BCUT2D eigenvalue weighted by molar-refractivity contribution is -0.131. The van der Waals surface area contributed by atoms with Gasteiger partial charge in [0.2, 0.25) is 0 Å². The van der Waals surface area contributed by atoms with Gasteiger partial charge in [0.05, 0.1) is 0 Å². The lowest BCUT2D eigenvalue weighted by atomic mass is 10.2. The van der Waals surface area contributed by atoms with Gasteiger partial charge in [0.1, 0.15) is 11.5 Å². The molecule has 6 nitrogen and oxygen atoms in total. The number of benzene rings is 1. The van der Waals surface area contributed by atoms with Gasteiger partial charge >= 0.3 is 11.8 Å². The van der Waals surface area contributed by atoms with Crippen LogP contribution in [0.2, 0.25) is 0 Å². The molecule has 19 heavy (non-hydrogen) atoms. The van der Waals surface area contributed by atoms with Crippen LogP contribution in [0.15, 0.2) is 48.4 Å². The minimum absolute atomic E-state index is 0.364. The summed E-state index contributed by atoms with van der Waals surface area (Å²) in [5, 5.41) is 1.50. The third-order valence-corrected chi connectivity index (χ3v) is 2.67. The van der Waals surface area contributed by atoms with Crippen LogP contribution in [0.4, 0.5) is 0 Å². The van der Waals surface area contributed by atoms with Crippen molar-refractivity contribution in [3.05, 3.63) is 48.4 Å². The maximum Gasteiger partial charge on any atom is 0.308 e. The molecular weight excluding hydrogens is 248 g/mol. The molecule has 6 heteroatoms. The number of hydrogen-bond acceptors (Lipinski definition) is 6. The van der Waals surface area contributed by atoms with E-state index in [4.69, 9.17) is 20.0 Å². The maximum atomic E-state index is 10.8. The average molecular weight is 260 g/mol. The number of esters is 1. The molecule has 0 radical (unpaired) electrons. The largest absolute Gasteiger partial charge is 0.455 e. The molecule has 2 N–H and O–H groups in total. The average Bonchev–Trinajstić information content (AvgIpc) is 3.04. The van der Waals surface area contributed by atoms with Crippen molar-refractivity contribution in [1.29, 1.82) is 0 Å². The van der Waals surface area contributed by atoms with Crippen LogP contribution in [0.25, 0.3) is 0 Å². The van der Waals surface area contributed by atoms with E-state index in [1.807, 2.05) is 0 Å². The molecule has 0 amide bonds. The molecule has 0 aromatic heterocycles. The van der Waals surface area contributed by atoms with Gasteiger partial charge in [-0.05, 0) is 36.4 Å². The molecule has 2 heterocycles. The molecule has 2 aliphatic rings. The van der Waals surface area contributed by atoms with Gasteiger partial charge in [-0.15, -0.1) is 0 Å². The highest BCUT2D eigenvalue weighted by atomic mass is 16.9. The number of carbonyl (C=O) groups excluding carboxylic acids is 1. The Morgan fingerprint density at radius 3 is 2.68 bits per heavy atom. The fourth-order valence-electron chi connectivity index (χ4n) is 1.73. The maximum absolute atomic E-state index is 10.8. The molecule has 98 valence electrons. The first kappa shape index (κ1) is 11.8. The van der Waals surface area contributed by atoms with Gasteiger partial charge in [-0.25, -0.2) is 9.90 Å². The van der Waals surface area contributed by atoms with E-state index in [1.54, 1.807) is 42.6 Å². The molecule has 1 atom stereocenters. The van der Waals surface area contributed by atoms with E-state index in [2.05, 4.69) is 0 Å². The zero-order valence-corrected chi connectivity index (χ0v) is 10.2. The monoisotopic (exact) mass is 260 g/mol. The molecule has 1 saturated heterocycles. The normalized spacial score (nSPS) is 23.5. The van der Waals surface area contributed by atoms with E-state index in [9.17, 15) is 4.79 Å². The van der Waals surface area contributed by atoms with E-state index >= 15 is 0 Å². The summed E-state index contributed by atoms with van der Waals surface area (Å²) in [4.78, 5) is 16.0. The molecule has 1 unspecified atom stereocenters. The van der Waals surface area contributed by atoms with Crippen molar-refractivity contribution in [3.63, 3.8) is 0 Å². The quantitative estimate of drug-likeness (QED) is 0.501. The number of carbonyl (C=O) groups is 1. The van der Waals surface area contributed by atoms with Crippen LogP contribution in [0, 0.1) is 0 Å². The highest BCUT2D eigenvalue weighted by molar-refractivity contribution is 5.69. The van der Waals surface area contributed by atoms with Crippen molar-refractivity contribution in [1.82, 2.24) is 5.06 Å². The van der Waals surface area contributed by atoms with E-state index in [0.717, 1.165) is 0 Å². The predicted molar refractivity (Wildman–Crippen MR) is 65.4 cm³/mol. The number of nitrogens with two attached hydrogens (primary N) is 1. The molecular formula is C13H12N2O4. The number of hydrogen-bond donors (Lipinski definition) is 1. The summed E-state index contributed by atoms with van der Waals surface area (Å²) >= 11 is 0. The number of hydroxylamine groups is 2. The van der Waals surface area contributed by atoms with Gasteiger partial charge < -0.3 is 9.47 Å². The Morgan fingerprint density at radius 2 is 2.00 bits per heavy atom. The second kappa shape index (κ2) is 4.11. The molecule has 0 aliphatic carbocycles. The van der Waals surface area contributed by atoms with Crippen molar-refractivity contribution in [2.75, 3.05) is 0 Å². The topological polar surface area (TPSA) is 77.1 Å². The highest BCUT2D eigenvalue weighted by Gasteiger charge is 2.56. The van der Waals surface area contributed by atoms with Crippen LogP contribution in [0.1, 0.15) is 6.92 Å². The number of rotatable bonds is 3. The van der Waals surface area contributed by atoms with E-state index in [0.29, 0.717) is 17.3 Å². The van der Waals surface area contributed by atoms with Crippen LogP contribution < -0.4 is 15.2 Å². The first-order chi connectivity index (χ1) is 9.08. The third kappa shape index (κ3) is 2.18. The van der Waals surface area contributed by atoms with Gasteiger partial charge in [0.25, 0.3) is 0 Å². The fourth-order valence-corrected chi connectivity index (χ4v) is 1.73. The van der Waals surface area contributed by atoms with Gasteiger partial charge in [-0.1, -0.05) is 0 Å². The Hall–Kier alpha value is -2.31. The van der Waals surface area contributed by atoms with Crippen LogP contribution in [-0.4, -0.2) is 16.9 Å². The van der Waals surface area contributed by atoms with Crippen molar-refractivity contribution in [3.8, 4) is 11.5 Å². The first-order valence-electron chi connectivity index (χ1n) is 5.70. The third-order valence-electron chi connectivity index (χ3n) is 2.67. The smallest absolute Gasteiger partial charge is 0.308 e. The molecule has 2 aliphatic heterocycles. The number of allylic oxidation sites excluding steroid dienone is 2. The van der Waals surface area contributed by atoms with Crippen LogP contribution >= 0.6 is 0 Å². The fraction of sp³-hybridized carbons (Fsp3) is 0.154. The van der Waals surface area contributed by atoms with Gasteiger partial charge in [-0.2, -0.15) is 0 Å². The predicted octanol–water partition coefficient (Wildman–Crippen LogP) is 1.26. The Kier molecular flexibility index (Phi) is 2.55. The lowest BCUT2D eigenvalue weighted by Crippen LogP contribution is -2.34. The van der Waals surface area contributed by atoms with Crippen molar-refractivity contribution in [2.24, 2.45) is 5.73 Å². The standard InChI is InChI=1S/C13H12N2O4/c1-9(16)17-10-4-6-11(7-5-10)18-12-3-2-8-15-13(12,14)19-15/h2-8H,14H2,1H3. The van der Waals surface area contributed by atoms with Crippen LogP contribution in [0.5, 0.6) is 11.5 Å². The molecule has 3 rings (SSSR count). The zero-order chi connectivity index (χ0) is 13.5. The Labute approximate surface area is 109 Å². The van der Waals surface area contributed by atoms with Crippen LogP contribution in [-0.2, 0) is 9.63 Å². The van der Waals surface area contributed by atoms with Crippen molar-refractivity contribution < 1.29 is 19.1 Å². The molecule has 0 spiro atoms. The van der Waals surface area contributed by atoms with E-state index in [-0.39, 0.29) is 5.97 Å². The van der Waals surface area contributed by atoms with Crippen molar-refractivity contribution in [2.45, 2.75) is 12.8 Å². The molecule has 1 aromatic carbocycles. The number of ether oxygens (including phenoxy) is 2. The minimum atomic E-state index is -0.997. The van der Waals surface area contributed by atoms with Crippen molar-refractivity contribution >= 4 is 5.97 Å². The first-order valence-corrected chi connectivity index (χ1v) is 5.70. The summed E-state index contributed by atoms with van der Waals surface area (Å²) in [6.45, 7) is 1.35. The van der Waals surface area contributed by atoms with Crippen LogP contribution in [0.3, 0.4) is 0 Å². The molecule has 1 aromatic rings. The number of nitrogens with zero attached hydrogens (tertiary/aromatic N) is 1. The summed E-state index contributed by atoms with van der Waals surface area (Å²) in [6.07, 6.45) is 5.24. The summed E-state index contributed by atoms with van der Waals surface area (Å²) < 4.78 is 10.6. The Balaban J connectivity index is 1.72. The second-order valence-corrected chi connectivity index (χ2v) is 4.15. The van der Waals surface area contributed by atoms with E-state index in [1.165, 1.54) is 12.0 Å². The van der Waals surface area contributed by atoms with Gasteiger partial charge in [0, 0.05) is 13.1 Å². The summed E-state index contributed by atoms with van der Waals surface area (Å²) in [7, 11) is 0. The minimum Gasteiger partial charge on any atom is -0.455 e. The Morgan fingerprint density at radius 1 is 1.32 bits per heavy atom. The summed E-state index contributed by atoms with van der Waals surface area (Å²) in [6, 6.07) is 6.66. The highest BCUT2D eigenvalue weighted by Crippen LogP contribution is 2.40. The summed E-state index contributed by atoms with van der Waals surface area (Å²) in [5.74, 6) is 0.178. The second-order valence-electron chi connectivity index (χ2n) is 4.15. The number of fused-ring (bicyclic) bond motifs is 1. The Bertz CT molecular complexity index is 579. The van der Waals surface area contributed by atoms with E-state index < -0.39 is 5.85 Å².